The van der Waals surface area contributed by atoms with Crippen molar-refractivity contribution < 1.29 is 14.3 Å². The van der Waals surface area contributed by atoms with Crippen LogP contribution in [0.1, 0.15) is 52.5 Å². The lowest BCUT2D eigenvalue weighted by molar-refractivity contribution is -0.112. The molecule has 1 amide bonds. The van der Waals surface area contributed by atoms with Crippen LogP contribution in [0, 0.1) is 22.7 Å². The number of rotatable bonds is 10. The lowest BCUT2D eigenvalue weighted by Crippen LogP contribution is -2.13. The molecule has 2 aromatic carbocycles. The number of anilines is 1. The van der Waals surface area contributed by atoms with Gasteiger partial charge in [0.05, 0.1) is 12.2 Å². The van der Waals surface area contributed by atoms with Gasteiger partial charge in [0.15, 0.2) is 11.5 Å². The van der Waals surface area contributed by atoms with Gasteiger partial charge in [-0.25, -0.2) is 0 Å². The maximum absolute atomic E-state index is 13.1. The number of allylic oxidation sites excluding steroid dienone is 1. The average Bonchev–Trinajstić information content (AvgIpc) is 3.29. The summed E-state index contributed by atoms with van der Waals surface area (Å²) >= 11 is 13.8. The maximum Gasteiger partial charge on any atom is 0.266 e. The van der Waals surface area contributed by atoms with Crippen LogP contribution in [-0.2, 0) is 30.7 Å². The summed E-state index contributed by atoms with van der Waals surface area (Å²) in [6.07, 6.45) is 7.52. The van der Waals surface area contributed by atoms with E-state index in [2.05, 4.69) is 18.0 Å². The molecule has 9 heteroatoms. The Hall–Kier alpha value is -3.75. The van der Waals surface area contributed by atoms with Crippen LogP contribution in [0.15, 0.2) is 48.6 Å². The lowest BCUT2D eigenvalue weighted by Gasteiger charge is -2.17. The third kappa shape index (κ3) is 6.69. The third-order valence-electron chi connectivity index (χ3n) is 6.39. The molecule has 1 aromatic heterocycles. The minimum absolute atomic E-state index is 0.0936. The van der Waals surface area contributed by atoms with Gasteiger partial charge in [0, 0.05) is 26.0 Å². The van der Waals surface area contributed by atoms with Crippen molar-refractivity contribution in [3.05, 3.63) is 91.3 Å². The lowest BCUT2D eigenvalue weighted by atomic mass is 9.96. The average molecular weight is 593 g/mol. The van der Waals surface area contributed by atoms with E-state index in [4.69, 9.17) is 32.7 Å². The number of nitrogens with one attached hydrogen (secondary N) is 1. The molecule has 0 unspecified atom stereocenters. The van der Waals surface area contributed by atoms with Crippen LogP contribution in [0.25, 0.3) is 6.08 Å². The van der Waals surface area contributed by atoms with Gasteiger partial charge in [0.2, 0.25) is 0 Å². The van der Waals surface area contributed by atoms with Crippen molar-refractivity contribution in [2.24, 2.45) is 0 Å². The van der Waals surface area contributed by atoms with Gasteiger partial charge in [-0.3, -0.25) is 4.79 Å². The number of carbonyl (C=O) groups is 1. The number of amides is 1. The standard InChI is InChI=1S/C31H27Cl2N3O3S/c1-3-7-20-12-19(14-27(38-4-2)29(20)39-18-21-10-11-23(32)15-26(21)33)13-22(16-34)30(37)36-31-25(17-35)24-8-5-6-9-28(24)40-31/h3,10-15H,1,4-9,18H2,2H3,(H,36,37)/b22-13+. The molecule has 0 bridgehead atoms. The molecule has 0 spiro atoms. The highest BCUT2D eigenvalue weighted by Gasteiger charge is 2.23. The quantitative estimate of drug-likeness (QED) is 0.146. The van der Waals surface area contributed by atoms with Gasteiger partial charge in [-0.15, -0.1) is 17.9 Å². The van der Waals surface area contributed by atoms with Crippen molar-refractivity contribution in [3.8, 4) is 23.6 Å². The molecule has 0 radical (unpaired) electrons. The van der Waals surface area contributed by atoms with Crippen LogP contribution in [0.3, 0.4) is 0 Å². The second-order valence-corrected chi connectivity index (χ2v) is 11.1. The van der Waals surface area contributed by atoms with Gasteiger partial charge in [-0.2, -0.15) is 10.5 Å². The van der Waals surface area contributed by atoms with E-state index in [-0.39, 0.29) is 12.2 Å². The molecule has 0 atom stereocenters. The number of aryl methyl sites for hydroxylation is 1. The zero-order chi connectivity index (χ0) is 28.6. The maximum atomic E-state index is 13.1. The largest absolute Gasteiger partial charge is 0.490 e. The van der Waals surface area contributed by atoms with Crippen LogP contribution in [-0.4, -0.2) is 12.5 Å². The molecule has 6 nitrogen and oxygen atoms in total. The minimum atomic E-state index is -0.571. The van der Waals surface area contributed by atoms with Crippen LogP contribution < -0.4 is 14.8 Å². The van der Waals surface area contributed by atoms with Gasteiger partial charge in [-0.05, 0) is 80.5 Å². The highest BCUT2D eigenvalue weighted by atomic mass is 35.5. The van der Waals surface area contributed by atoms with Crippen LogP contribution in [0.4, 0.5) is 5.00 Å². The number of benzene rings is 2. The number of hydrogen-bond donors (Lipinski definition) is 1. The number of carbonyl (C=O) groups excluding carboxylic acids is 1. The molecule has 0 fully saturated rings. The molecule has 3 aromatic rings. The molecular weight excluding hydrogens is 565 g/mol. The topological polar surface area (TPSA) is 95.1 Å². The molecule has 4 rings (SSSR count). The first-order chi connectivity index (χ1) is 19.4. The normalized spacial score (nSPS) is 12.6. The Labute approximate surface area is 248 Å². The van der Waals surface area contributed by atoms with Gasteiger partial charge in [0.25, 0.3) is 5.91 Å². The highest BCUT2D eigenvalue weighted by molar-refractivity contribution is 7.16. The summed E-state index contributed by atoms with van der Waals surface area (Å²) in [6.45, 7) is 6.28. The number of ether oxygens (including phenoxy) is 2. The Balaban J connectivity index is 1.64. The summed E-state index contributed by atoms with van der Waals surface area (Å²) < 4.78 is 12.1. The summed E-state index contributed by atoms with van der Waals surface area (Å²) in [4.78, 5) is 14.3. The molecule has 40 heavy (non-hydrogen) atoms. The zero-order valence-electron chi connectivity index (χ0n) is 22.0. The van der Waals surface area contributed by atoms with Crippen molar-refractivity contribution in [2.45, 2.75) is 45.6 Å². The summed E-state index contributed by atoms with van der Waals surface area (Å²) in [5, 5.41) is 23.9. The zero-order valence-corrected chi connectivity index (χ0v) is 24.3. The van der Waals surface area contributed by atoms with E-state index < -0.39 is 5.91 Å². The monoisotopic (exact) mass is 591 g/mol. The first kappa shape index (κ1) is 29.2. The molecule has 1 aliphatic rings. The van der Waals surface area contributed by atoms with Crippen LogP contribution >= 0.6 is 34.5 Å². The van der Waals surface area contributed by atoms with E-state index in [0.29, 0.717) is 50.7 Å². The number of nitrogens with zero attached hydrogens (tertiary/aromatic N) is 2. The number of fused-ring (bicyclic) bond motifs is 1. The highest BCUT2D eigenvalue weighted by Crippen LogP contribution is 2.38. The second kappa shape index (κ2) is 13.5. The first-order valence-electron chi connectivity index (χ1n) is 12.8. The van der Waals surface area contributed by atoms with E-state index >= 15 is 0 Å². The Morgan fingerprint density at radius 3 is 2.65 bits per heavy atom. The van der Waals surface area contributed by atoms with E-state index in [0.717, 1.165) is 47.3 Å². The van der Waals surface area contributed by atoms with Gasteiger partial charge >= 0.3 is 0 Å². The molecular formula is C31H27Cl2N3O3S. The predicted octanol–water partition coefficient (Wildman–Crippen LogP) is 8.06. The molecule has 1 N–H and O–H groups in total. The van der Waals surface area contributed by atoms with Gasteiger partial charge in [-0.1, -0.05) is 35.3 Å². The fraction of sp³-hybridized carbons (Fsp3) is 0.258. The smallest absolute Gasteiger partial charge is 0.266 e. The minimum Gasteiger partial charge on any atom is -0.490 e. The molecule has 1 heterocycles. The van der Waals surface area contributed by atoms with Crippen molar-refractivity contribution in [1.29, 1.82) is 10.5 Å². The van der Waals surface area contributed by atoms with E-state index in [1.54, 1.807) is 30.3 Å². The fourth-order valence-electron chi connectivity index (χ4n) is 4.55. The predicted molar refractivity (Wildman–Crippen MR) is 160 cm³/mol. The number of hydrogen-bond acceptors (Lipinski definition) is 6. The molecule has 204 valence electrons. The summed E-state index contributed by atoms with van der Waals surface area (Å²) in [6, 6.07) is 13.0. The van der Waals surface area contributed by atoms with Crippen molar-refractivity contribution in [1.82, 2.24) is 0 Å². The van der Waals surface area contributed by atoms with Gasteiger partial charge in [0.1, 0.15) is 29.3 Å². The molecule has 0 saturated carbocycles. The van der Waals surface area contributed by atoms with Crippen molar-refractivity contribution in [3.63, 3.8) is 0 Å². The summed E-state index contributed by atoms with van der Waals surface area (Å²) in [5.41, 5.74) is 3.55. The number of nitriles is 2. The Morgan fingerprint density at radius 2 is 1.95 bits per heavy atom. The Morgan fingerprint density at radius 1 is 1.15 bits per heavy atom. The van der Waals surface area contributed by atoms with E-state index in [1.807, 2.05) is 19.1 Å². The van der Waals surface area contributed by atoms with Crippen molar-refractivity contribution in [2.75, 3.05) is 11.9 Å². The second-order valence-electron chi connectivity index (χ2n) is 9.11. The number of thiophene rings is 1. The molecule has 1 aliphatic carbocycles. The van der Waals surface area contributed by atoms with Crippen molar-refractivity contribution >= 4 is 51.5 Å². The van der Waals surface area contributed by atoms with Crippen LogP contribution in [0.2, 0.25) is 10.0 Å². The molecule has 0 aliphatic heterocycles. The Kier molecular flexibility index (Phi) is 9.90. The Bertz CT molecular complexity index is 1560. The molecule has 0 saturated heterocycles. The third-order valence-corrected chi connectivity index (χ3v) is 8.19. The summed E-state index contributed by atoms with van der Waals surface area (Å²) in [5.74, 6) is 0.419. The first-order valence-corrected chi connectivity index (χ1v) is 14.4. The van der Waals surface area contributed by atoms with Gasteiger partial charge < -0.3 is 14.8 Å². The summed E-state index contributed by atoms with van der Waals surface area (Å²) in [7, 11) is 0. The van der Waals surface area contributed by atoms with E-state index in [1.165, 1.54) is 17.4 Å². The van der Waals surface area contributed by atoms with E-state index in [9.17, 15) is 15.3 Å². The van der Waals surface area contributed by atoms with Crippen LogP contribution in [0.5, 0.6) is 11.5 Å². The SMILES string of the molecule is C=CCc1cc(/C=C(\C#N)C(=O)Nc2sc3c(c2C#N)CCCC3)cc(OCC)c1OCc1ccc(Cl)cc1Cl. The number of halogens is 2. The fourth-order valence-corrected chi connectivity index (χ4v) is 6.24.